The van der Waals surface area contributed by atoms with Gasteiger partial charge in [-0.2, -0.15) is 0 Å². The van der Waals surface area contributed by atoms with Crippen molar-refractivity contribution in [2.45, 2.75) is 18.6 Å². The summed E-state index contributed by atoms with van der Waals surface area (Å²) in [6.07, 6.45) is 5.98. The Balaban J connectivity index is 2.54. The molecule has 2 heteroatoms. The van der Waals surface area contributed by atoms with Crippen LogP contribution in [0.15, 0.2) is 0 Å². The molecule has 0 aromatic heterocycles. The van der Waals surface area contributed by atoms with E-state index in [4.69, 9.17) is 0 Å². The Kier molecular flexibility index (Phi) is 1.53. The molecule has 1 aliphatic heterocycles. The molecular weight excluding hydrogens is 115 g/mol. The van der Waals surface area contributed by atoms with Gasteiger partial charge in [-0.05, 0) is 0 Å². The van der Waals surface area contributed by atoms with Crippen LogP contribution >= 0.6 is 9.88 Å². The van der Waals surface area contributed by atoms with Crippen LogP contribution in [0, 0.1) is 0 Å². The predicted octanol–water partition coefficient (Wildman–Crippen LogP) is 1.26. The summed E-state index contributed by atoms with van der Waals surface area (Å²) in [7, 11) is -0.292. The van der Waals surface area contributed by atoms with Gasteiger partial charge in [0.15, 0.2) is 0 Å². The number of rotatable bonds is 1. The van der Waals surface area contributed by atoms with E-state index in [1.165, 1.54) is 12.2 Å². The second kappa shape index (κ2) is 1.91. The van der Waals surface area contributed by atoms with Gasteiger partial charge >= 0.3 is 53.2 Å². The van der Waals surface area contributed by atoms with E-state index in [2.05, 4.69) is 25.8 Å². The summed E-state index contributed by atoms with van der Waals surface area (Å²) in [5.74, 6) is 1.43. The molecule has 1 heterocycles. The topological polar surface area (TPSA) is 0 Å². The zero-order valence-corrected chi connectivity index (χ0v) is 6.50. The minimum absolute atomic E-state index is 0.292. The zero-order valence-electron chi connectivity index (χ0n) is 5.68. The fourth-order valence-corrected chi connectivity index (χ4v) is 2.92. The van der Waals surface area contributed by atoms with Crippen LogP contribution in [0.4, 0.5) is 0 Å². The molecule has 46 valence electrons. The first-order valence-electron chi connectivity index (χ1n) is 3.06. The third-order valence-corrected chi connectivity index (χ3v) is 6.22. The molecule has 0 radical (unpaired) electrons. The molecule has 0 aliphatic carbocycles. The van der Waals surface area contributed by atoms with E-state index in [0.717, 1.165) is 5.25 Å². The monoisotopic (exact) mass is 128 g/mol. The van der Waals surface area contributed by atoms with Crippen LogP contribution in [0.2, 0.25) is 0 Å². The summed E-state index contributed by atoms with van der Waals surface area (Å²) >= 11 is 0. The average molecular weight is 128 g/mol. The predicted molar refractivity (Wildman–Crippen MR) is 45.3 cm³/mol. The Morgan fingerprint density at radius 2 is 2.38 bits per heavy atom. The summed E-state index contributed by atoms with van der Waals surface area (Å²) < 4.78 is 0. The number of hydrogen-bond acceptors (Lipinski definition) is 0. The van der Waals surface area contributed by atoms with Crippen molar-refractivity contribution in [2.24, 2.45) is 0 Å². The molecule has 1 saturated heterocycles. The molecule has 0 aromatic carbocycles. The van der Waals surface area contributed by atoms with Gasteiger partial charge in [0, 0.05) is 0 Å². The second-order valence-electron chi connectivity index (χ2n) is 2.70. The van der Waals surface area contributed by atoms with Crippen molar-refractivity contribution in [3.05, 3.63) is 0 Å². The van der Waals surface area contributed by atoms with Gasteiger partial charge in [-0.1, -0.05) is 0 Å². The molecule has 0 aromatic rings. The Morgan fingerprint density at radius 1 is 1.75 bits per heavy atom. The normalized spacial score (nSPS) is 53.0. The molecule has 8 heavy (non-hydrogen) atoms. The first kappa shape index (κ1) is 6.41. The molecule has 0 saturated carbocycles. The van der Waals surface area contributed by atoms with Crippen LogP contribution in [0.5, 0.6) is 0 Å². The maximum absolute atomic E-state index is 3.84. The van der Waals surface area contributed by atoms with Crippen LogP contribution in [0.25, 0.3) is 0 Å². The van der Waals surface area contributed by atoms with E-state index < -0.39 is 0 Å². The quantitative estimate of drug-likeness (QED) is 0.466. The molecule has 2 unspecified atom stereocenters. The van der Waals surface area contributed by atoms with Gasteiger partial charge in [-0.3, -0.25) is 0 Å². The molecule has 2 atom stereocenters. The zero-order chi connectivity index (χ0) is 6.20. The molecule has 0 spiro atoms. The van der Waals surface area contributed by atoms with Crippen molar-refractivity contribution in [1.29, 1.82) is 0 Å². The Morgan fingerprint density at radius 3 is 2.38 bits per heavy atom. The van der Waals surface area contributed by atoms with E-state index in [9.17, 15) is 0 Å². The molecule has 1 aliphatic rings. The standard InChI is InChI=1S/C6H13BS/c1-6-4-5-8(6,3)7-2/h6H,2,4-5H2,1,3H3. The average Bonchev–Trinajstić information content (AvgIpc) is 1.83. The molecular formula is C6H13BS. The van der Waals surface area contributed by atoms with Gasteiger partial charge in [0.2, 0.25) is 0 Å². The third kappa shape index (κ3) is 0.751. The molecule has 0 bridgehead atoms. The Hall–Kier alpha value is 0.285. The summed E-state index contributed by atoms with van der Waals surface area (Å²) in [5.41, 5.74) is 0. The fraction of sp³-hybridized carbons (Fsp3) is 0.833. The molecule has 1 rings (SSSR count). The minimum atomic E-state index is -0.292. The van der Waals surface area contributed by atoms with E-state index in [-0.39, 0.29) is 9.88 Å². The van der Waals surface area contributed by atoms with E-state index in [0.29, 0.717) is 0 Å². The maximum atomic E-state index is 3.84. The van der Waals surface area contributed by atoms with Gasteiger partial charge in [0.25, 0.3) is 0 Å². The SMILES string of the molecule is C=BS1(C)CCC1C. The van der Waals surface area contributed by atoms with E-state index in [1.807, 2.05) is 0 Å². The van der Waals surface area contributed by atoms with Crippen molar-refractivity contribution in [3.8, 4) is 0 Å². The van der Waals surface area contributed by atoms with Gasteiger partial charge in [-0.15, -0.1) is 0 Å². The molecule has 0 amide bonds. The van der Waals surface area contributed by atoms with Crippen LogP contribution in [-0.2, 0) is 0 Å². The van der Waals surface area contributed by atoms with Crippen LogP contribution in [0.1, 0.15) is 13.3 Å². The summed E-state index contributed by atoms with van der Waals surface area (Å²) in [6, 6.07) is 0. The van der Waals surface area contributed by atoms with Crippen LogP contribution < -0.4 is 0 Å². The molecule has 0 N–H and O–H groups in total. The first-order valence-corrected chi connectivity index (χ1v) is 5.40. The van der Waals surface area contributed by atoms with Gasteiger partial charge < -0.3 is 0 Å². The van der Waals surface area contributed by atoms with Gasteiger partial charge in [0.1, 0.15) is 0 Å². The Labute approximate surface area is 53.8 Å². The van der Waals surface area contributed by atoms with Crippen molar-refractivity contribution in [2.75, 3.05) is 12.0 Å². The van der Waals surface area contributed by atoms with Crippen LogP contribution in [0.3, 0.4) is 0 Å². The molecule has 0 nitrogen and oxygen atoms in total. The Bertz CT molecular complexity index is 113. The number of hydrogen-bond donors (Lipinski definition) is 0. The van der Waals surface area contributed by atoms with Crippen molar-refractivity contribution >= 4 is 22.5 Å². The third-order valence-electron chi connectivity index (χ3n) is 2.26. The van der Waals surface area contributed by atoms with Gasteiger partial charge in [-0.25, -0.2) is 0 Å². The van der Waals surface area contributed by atoms with Gasteiger partial charge in [0.05, 0.1) is 0 Å². The summed E-state index contributed by atoms with van der Waals surface area (Å²) in [5, 5.41) is 0.958. The second-order valence-corrected chi connectivity index (χ2v) is 6.70. The van der Waals surface area contributed by atoms with E-state index in [1.54, 1.807) is 0 Å². The van der Waals surface area contributed by atoms with Crippen LogP contribution in [-0.4, -0.2) is 29.9 Å². The van der Waals surface area contributed by atoms with E-state index >= 15 is 0 Å². The van der Waals surface area contributed by atoms with Crippen molar-refractivity contribution in [1.82, 2.24) is 0 Å². The molecule has 1 fully saturated rings. The van der Waals surface area contributed by atoms with Crippen molar-refractivity contribution in [3.63, 3.8) is 0 Å². The summed E-state index contributed by atoms with van der Waals surface area (Å²) in [4.78, 5) is 0. The van der Waals surface area contributed by atoms with Crippen molar-refractivity contribution < 1.29 is 0 Å². The fourth-order valence-electron chi connectivity index (χ4n) is 0.973. The summed E-state index contributed by atoms with van der Waals surface area (Å²) in [6.45, 7) is 6.18. The first-order chi connectivity index (χ1) is 3.69.